The van der Waals surface area contributed by atoms with Crippen LogP contribution in [0.5, 0.6) is 0 Å². The number of carbonyl (C=O) groups excluding carboxylic acids is 1. The van der Waals surface area contributed by atoms with Gasteiger partial charge in [0.15, 0.2) is 0 Å². The van der Waals surface area contributed by atoms with E-state index in [1.165, 1.54) is 0 Å². The van der Waals surface area contributed by atoms with E-state index in [1.807, 2.05) is 13.8 Å². The lowest BCUT2D eigenvalue weighted by Gasteiger charge is -2.26. The zero-order chi connectivity index (χ0) is 14.7. The summed E-state index contributed by atoms with van der Waals surface area (Å²) in [5.74, 6) is 2.99. The Bertz CT molecular complexity index is 335. The van der Waals surface area contributed by atoms with Crippen LogP contribution >= 0.6 is 11.8 Å². The van der Waals surface area contributed by atoms with E-state index in [4.69, 9.17) is 6.42 Å². The number of rotatable bonds is 9. The summed E-state index contributed by atoms with van der Waals surface area (Å²) >= 11 is 1.56. The van der Waals surface area contributed by atoms with Gasteiger partial charge in [0, 0.05) is 18.8 Å². The molecule has 0 aliphatic carbocycles. The molecule has 108 valence electrons. The van der Waals surface area contributed by atoms with Crippen LogP contribution in [0.1, 0.15) is 26.7 Å². The van der Waals surface area contributed by atoms with Crippen LogP contribution in [0.25, 0.3) is 0 Å². The minimum atomic E-state index is -0.879. The van der Waals surface area contributed by atoms with Gasteiger partial charge in [-0.05, 0) is 12.8 Å². The van der Waals surface area contributed by atoms with Crippen LogP contribution in [0.2, 0.25) is 0 Å². The highest BCUT2D eigenvalue weighted by atomic mass is 32.2. The number of urea groups is 1. The van der Waals surface area contributed by atoms with Crippen LogP contribution < -0.4 is 10.6 Å². The summed E-state index contributed by atoms with van der Waals surface area (Å²) in [5.41, 5.74) is -0.879. The first-order valence-electron chi connectivity index (χ1n) is 6.28. The largest absolute Gasteiger partial charge is 0.481 e. The number of carboxylic acids is 1. The van der Waals surface area contributed by atoms with E-state index in [2.05, 4.69) is 16.6 Å². The summed E-state index contributed by atoms with van der Waals surface area (Å²) in [5, 5.41) is 14.5. The summed E-state index contributed by atoms with van der Waals surface area (Å²) in [6.07, 6.45) is 6.07. The molecular formula is C13H22N2O3S. The third kappa shape index (κ3) is 6.39. The van der Waals surface area contributed by atoms with Gasteiger partial charge in [-0.3, -0.25) is 4.79 Å². The molecule has 0 aliphatic rings. The van der Waals surface area contributed by atoms with Gasteiger partial charge in [0.05, 0.1) is 11.2 Å². The normalized spacial score (nSPS) is 10.6. The molecule has 0 aromatic heterocycles. The predicted octanol–water partition coefficient (Wildman–Crippen LogP) is 1.54. The second-order valence-corrected chi connectivity index (χ2v) is 5.26. The van der Waals surface area contributed by atoms with Crippen LogP contribution in [0.3, 0.4) is 0 Å². The molecule has 6 heteroatoms. The second-order valence-electron chi connectivity index (χ2n) is 4.16. The van der Waals surface area contributed by atoms with Gasteiger partial charge < -0.3 is 15.7 Å². The van der Waals surface area contributed by atoms with Gasteiger partial charge in [-0.2, -0.15) is 0 Å². The number of thioether (sulfide) groups is 1. The number of terminal acetylenes is 1. The van der Waals surface area contributed by atoms with Crippen LogP contribution in [-0.4, -0.2) is 41.7 Å². The summed E-state index contributed by atoms with van der Waals surface area (Å²) in [6.45, 7) is 4.27. The van der Waals surface area contributed by atoms with Gasteiger partial charge in [0.2, 0.25) is 0 Å². The Hall–Kier alpha value is -1.35. The van der Waals surface area contributed by atoms with Gasteiger partial charge in [0.1, 0.15) is 0 Å². The number of hydrogen-bond acceptors (Lipinski definition) is 3. The minimum Gasteiger partial charge on any atom is -0.481 e. The number of hydrogen-bond donors (Lipinski definition) is 3. The zero-order valence-corrected chi connectivity index (χ0v) is 12.3. The van der Waals surface area contributed by atoms with E-state index in [9.17, 15) is 14.7 Å². The van der Waals surface area contributed by atoms with E-state index in [1.54, 1.807) is 11.8 Å². The van der Waals surface area contributed by atoms with Crippen molar-refractivity contribution in [2.75, 3.05) is 24.6 Å². The molecule has 0 saturated heterocycles. The van der Waals surface area contributed by atoms with E-state index in [-0.39, 0.29) is 12.6 Å². The topological polar surface area (TPSA) is 78.4 Å². The maximum atomic E-state index is 11.5. The Morgan fingerprint density at radius 3 is 2.42 bits per heavy atom. The van der Waals surface area contributed by atoms with Gasteiger partial charge in [-0.1, -0.05) is 19.8 Å². The van der Waals surface area contributed by atoms with E-state index >= 15 is 0 Å². The van der Waals surface area contributed by atoms with Crippen molar-refractivity contribution in [2.24, 2.45) is 5.41 Å². The Labute approximate surface area is 118 Å². The highest BCUT2D eigenvalue weighted by Crippen LogP contribution is 2.25. The number of amides is 2. The maximum absolute atomic E-state index is 11.5. The molecule has 0 aliphatic heterocycles. The van der Waals surface area contributed by atoms with Gasteiger partial charge in [-0.25, -0.2) is 4.79 Å². The fourth-order valence-corrected chi connectivity index (χ4v) is 2.07. The summed E-state index contributed by atoms with van der Waals surface area (Å²) in [7, 11) is 0. The van der Waals surface area contributed by atoms with Crippen LogP contribution in [0.15, 0.2) is 0 Å². The minimum absolute atomic E-state index is 0.138. The standard InChI is InChI=1S/C13H22N2O3S/c1-4-8-19-9-7-14-12(18)15-10-13(5-2,6-3)11(16)17/h1H,5-10H2,2-3H3,(H,16,17)(H2,14,15,18). The molecule has 2 amide bonds. The fraction of sp³-hybridized carbons (Fsp3) is 0.692. The van der Waals surface area contributed by atoms with Crippen molar-refractivity contribution in [1.82, 2.24) is 10.6 Å². The van der Waals surface area contributed by atoms with Crippen molar-refractivity contribution in [3.05, 3.63) is 0 Å². The average Bonchev–Trinajstić information content (AvgIpc) is 2.40. The van der Waals surface area contributed by atoms with Gasteiger partial charge in [-0.15, -0.1) is 18.2 Å². The third-order valence-corrected chi connectivity index (χ3v) is 3.98. The van der Waals surface area contributed by atoms with Crippen molar-refractivity contribution in [2.45, 2.75) is 26.7 Å². The molecule has 0 unspecified atom stereocenters. The Balaban J connectivity index is 4.00. The van der Waals surface area contributed by atoms with Crippen molar-refractivity contribution >= 4 is 23.8 Å². The smallest absolute Gasteiger partial charge is 0.314 e. The van der Waals surface area contributed by atoms with Crippen LogP contribution in [0, 0.1) is 17.8 Å². The molecule has 0 heterocycles. The third-order valence-electron chi connectivity index (χ3n) is 3.11. The average molecular weight is 286 g/mol. The number of aliphatic carboxylic acids is 1. The Morgan fingerprint density at radius 2 is 1.95 bits per heavy atom. The molecule has 0 fully saturated rings. The Morgan fingerprint density at radius 1 is 1.32 bits per heavy atom. The van der Waals surface area contributed by atoms with Crippen LogP contribution in [0.4, 0.5) is 4.79 Å². The van der Waals surface area contributed by atoms with E-state index in [0.29, 0.717) is 25.1 Å². The predicted molar refractivity (Wildman–Crippen MR) is 78.2 cm³/mol. The van der Waals surface area contributed by atoms with Gasteiger partial charge in [0.25, 0.3) is 0 Å². The molecular weight excluding hydrogens is 264 g/mol. The zero-order valence-electron chi connectivity index (χ0n) is 11.5. The van der Waals surface area contributed by atoms with Crippen molar-refractivity contribution < 1.29 is 14.7 Å². The molecule has 0 saturated carbocycles. The first-order valence-corrected chi connectivity index (χ1v) is 7.44. The molecule has 0 spiro atoms. The molecule has 19 heavy (non-hydrogen) atoms. The molecule has 0 rings (SSSR count). The first-order chi connectivity index (χ1) is 9.02. The van der Waals surface area contributed by atoms with Crippen LogP contribution in [-0.2, 0) is 4.79 Å². The van der Waals surface area contributed by atoms with Crippen molar-refractivity contribution in [1.29, 1.82) is 0 Å². The van der Waals surface area contributed by atoms with Gasteiger partial charge >= 0.3 is 12.0 Å². The van der Waals surface area contributed by atoms with E-state index < -0.39 is 11.4 Å². The summed E-state index contributed by atoms with van der Waals surface area (Å²) < 4.78 is 0. The summed E-state index contributed by atoms with van der Waals surface area (Å²) in [4.78, 5) is 22.7. The lowest BCUT2D eigenvalue weighted by atomic mass is 9.82. The molecule has 0 bridgehead atoms. The molecule has 5 nitrogen and oxygen atoms in total. The molecule has 3 N–H and O–H groups in total. The monoisotopic (exact) mass is 286 g/mol. The number of carbonyl (C=O) groups is 2. The second kappa shape index (κ2) is 9.56. The molecule has 0 aromatic carbocycles. The van der Waals surface area contributed by atoms with Crippen molar-refractivity contribution in [3.63, 3.8) is 0 Å². The molecule has 0 aromatic rings. The number of carboxylic acid groups (broad SMARTS) is 1. The highest BCUT2D eigenvalue weighted by molar-refractivity contribution is 7.99. The van der Waals surface area contributed by atoms with Crippen molar-refractivity contribution in [3.8, 4) is 12.3 Å². The molecule has 0 atom stereocenters. The SMILES string of the molecule is C#CCSCCNC(=O)NCC(CC)(CC)C(=O)O. The number of nitrogens with one attached hydrogen (secondary N) is 2. The fourth-order valence-electron chi connectivity index (χ4n) is 1.56. The quantitative estimate of drug-likeness (QED) is 0.444. The summed E-state index contributed by atoms with van der Waals surface area (Å²) in [6, 6.07) is -0.339. The lowest BCUT2D eigenvalue weighted by molar-refractivity contribution is -0.149. The maximum Gasteiger partial charge on any atom is 0.314 e. The first kappa shape index (κ1) is 17.6. The Kier molecular flexibility index (Phi) is 8.88. The lowest BCUT2D eigenvalue weighted by Crippen LogP contribution is -2.46. The van der Waals surface area contributed by atoms with E-state index in [0.717, 1.165) is 5.75 Å². The highest BCUT2D eigenvalue weighted by Gasteiger charge is 2.35. The molecule has 0 radical (unpaired) electrons.